The molecule has 1 aromatic heterocycles. The average molecular weight is 411 g/mol. The molecule has 2 aromatic rings. The van der Waals surface area contributed by atoms with Gasteiger partial charge in [0.1, 0.15) is 0 Å². The molecule has 11 heteroatoms. The Morgan fingerprint density at radius 1 is 1.26 bits per heavy atom. The lowest BCUT2D eigenvalue weighted by Gasteiger charge is -2.08. The number of hydrogen-bond donors (Lipinski definition) is 1. The number of aromatic nitrogens is 2. The number of non-ortho nitro benzene ring substituents is 1. The van der Waals surface area contributed by atoms with Gasteiger partial charge in [0.2, 0.25) is 0 Å². The van der Waals surface area contributed by atoms with Crippen molar-refractivity contribution in [3.63, 3.8) is 0 Å². The van der Waals surface area contributed by atoms with Gasteiger partial charge in [0, 0.05) is 23.5 Å². The fourth-order valence-corrected chi connectivity index (χ4v) is 2.89. The van der Waals surface area contributed by atoms with Crippen LogP contribution in [0.3, 0.4) is 0 Å². The van der Waals surface area contributed by atoms with Crippen molar-refractivity contribution in [2.75, 3.05) is 17.7 Å². The second-order valence-corrected chi connectivity index (χ2v) is 6.70. The molecule has 2 rings (SSSR count). The lowest BCUT2D eigenvalue weighted by Crippen LogP contribution is -2.22. The number of anilines is 1. The zero-order valence-corrected chi connectivity index (χ0v) is 16.0. The molecule has 0 atom stereocenters. The summed E-state index contributed by atoms with van der Waals surface area (Å²) in [5.41, 5.74) is 1.40. The van der Waals surface area contributed by atoms with E-state index in [4.69, 9.17) is 16.3 Å². The number of rotatable bonds is 7. The predicted octanol–water partition coefficient (Wildman–Crippen LogP) is 2.93. The number of carbonyl (C=O) groups excluding carboxylic acids is 2. The number of amides is 1. The molecule has 0 fully saturated rings. The summed E-state index contributed by atoms with van der Waals surface area (Å²) in [6, 6.07) is 5.44. The van der Waals surface area contributed by atoms with Gasteiger partial charge in [-0.3, -0.25) is 19.7 Å². The minimum atomic E-state index is -0.668. The number of hydrogen-bond acceptors (Lipinski definition) is 8. The third-order valence-electron chi connectivity index (χ3n) is 3.08. The monoisotopic (exact) mass is 410 g/mol. The quantitative estimate of drug-likeness (QED) is 0.243. The van der Waals surface area contributed by atoms with Crippen molar-refractivity contribution in [1.82, 2.24) is 9.97 Å². The van der Waals surface area contributed by atoms with E-state index in [1.807, 2.05) is 19.9 Å². The Kier molecular flexibility index (Phi) is 7.08. The highest BCUT2D eigenvalue weighted by Gasteiger charge is 2.14. The van der Waals surface area contributed by atoms with Crippen LogP contribution in [-0.4, -0.2) is 39.1 Å². The molecule has 27 heavy (non-hydrogen) atoms. The van der Waals surface area contributed by atoms with E-state index < -0.39 is 23.4 Å². The first kappa shape index (κ1) is 20.6. The van der Waals surface area contributed by atoms with E-state index in [-0.39, 0.29) is 22.2 Å². The molecule has 1 aromatic carbocycles. The van der Waals surface area contributed by atoms with Crippen molar-refractivity contribution < 1.29 is 19.2 Å². The third kappa shape index (κ3) is 6.50. The van der Waals surface area contributed by atoms with E-state index in [1.54, 1.807) is 0 Å². The minimum absolute atomic E-state index is 0.0601. The van der Waals surface area contributed by atoms with Crippen LogP contribution in [-0.2, 0) is 14.3 Å². The maximum absolute atomic E-state index is 11.9. The van der Waals surface area contributed by atoms with E-state index in [1.165, 1.54) is 12.1 Å². The van der Waals surface area contributed by atoms with Crippen molar-refractivity contribution >= 4 is 46.6 Å². The lowest BCUT2D eigenvalue weighted by atomic mass is 10.3. The fourth-order valence-electron chi connectivity index (χ4n) is 1.98. The Hall–Kier alpha value is -2.72. The number of aryl methyl sites for hydroxylation is 2. The maximum Gasteiger partial charge on any atom is 0.316 e. The number of nitro groups is 1. The normalized spacial score (nSPS) is 10.3. The molecule has 1 heterocycles. The topological polar surface area (TPSA) is 124 Å². The highest BCUT2D eigenvalue weighted by atomic mass is 35.5. The number of halogens is 1. The standard InChI is InChI=1S/C16H15ClN4O5S/c1-9-5-10(2)19-16(18-9)27-8-15(23)26-7-14(22)20-13-6-11(21(24)25)3-4-12(13)17/h3-6H,7-8H2,1-2H3,(H,20,22). The van der Waals surface area contributed by atoms with E-state index in [9.17, 15) is 19.7 Å². The molecule has 0 radical (unpaired) electrons. The summed E-state index contributed by atoms with van der Waals surface area (Å²) >= 11 is 6.98. The number of carbonyl (C=O) groups is 2. The predicted molar refractivity (Wildman–Crippen MR) is 99.9 cm³/mol. The van der Waals surface area contributed by atoms with Crippen LogP contribution < -0.4 is 5.32 Å². The average Bonchev–Trinajstić information content (AvgIpc) is 2.59. The first-order valence-corrected chi connectivity index (χ1v) is 8.95. The van der Waals surface area contributed by atoms with Gasteiger partial charge in [-0.15, -0.1) is 0 Å². The van der Waals surface area contributed by atoms with E-state index in [0.717, 1.165) is 29.2 Å². The lowest BCUT2D eigenvalue weighted by molar-refractivity contribution is -0.384. The molecule has 0 bridgehead atoms. The fraction of sp³-hybridized carbons (Fsp3) is 0.250. The van der Waals surface area contributed by atoms with Crippen molar-refractivity contribution in [3.8, 4) is 0 Å². The second kappa shape index (κ2) is 9.28. The molecule has 142 valence electrons. The van der Waals surface area contributed by atoms with Gasteiger partial charge < -0.3 is 10.1 Å². The highest BCUT2D eigenvalue weighted by Crippen LogP contribution is 2.26. The molecule has 0 aliphatic rings. The number of nitrogens with one attached hydrogen (secondary N) is 1. The Bertz CT molecular complexity index is 873. The first-order chi connectivity index (χ1) is 12.7. The van der Waals surface area contributed by atoms with Crippen LogP contribution in [0.4, 0.5) is 11.4 Å². The van der Waals surface area contributed by atoms with Gasteiger partial charge in [0.05, 0.1) is 21.4 Å². The molecule has 0 saturated heterocycles. The molecule has 0 aliphatic carbocycles. The van der Waals surface area contributed by atoms with E-state index >= 15 is 0 Å². The molecule has 0 spiro atoms. The van der Waals surface area contributed by atoms with E-state index in [2.05, 4.69) is 15.3 Å². The van der Waals surface area contributed by atoms with Crippen LogP contribution in [0.2, 0.25) is 5.02 Å². The van der Waals surface area contributed by atoms with Gasteiger partial charge in [-0.25, -0.2) is 9.97 Å². The molecular weight excluding hydrogens is 396 g/mol. The number of nitrogens with zero attached hydrogens (tertiary/aromatic N) is 3. The zero-order chi connectivity index (χ0) is 20.0. The van der Waals surface area contributed by atoms with Gasteiger partial charge in [-0.2, -0.15) is 0 Å². The summed E-state index contributed by atoms with van der Waals surface area (Å²) in [5.74, 6) is -1.35. The van der Waals surface area contributed by atoms with Gasteiger partial charge in [0.15, 0.2) is 11.8 Å². The Balaban J connectivity index is 1.83. The SMILES string of the molecule is Cc1cc(C)nc(SCC(=O)OCC(=O)Nc2cc([N+](=O)[O-])ccc2Cl)n1. The van der Waals surface area contributed by atoms with Crippen molar-refractivity contribution in [2.45, 2.75) is 19.0 Å². The smallest absolute Gasteiger partial charge is 0.316 e. The third-order valence-corrected chi connectivity index (χ3v) is 4.23. The summed E-state index contributed by atoms with van der Waals surface area (Å²) in [6.45, 7) is 3.09. The van der Waals surface area contributed by atoms with Crippen LogP contribution in [0.1, 0.15) is 11.4 Å². The summed E-state index contributed by atoms with van der Waals surface area (Å²) in [5, 5.41) is 13.7. The summed E-state index contributed by atoms with van der Waals surface area (Å²) in [4.78, 5) is 42.1. The number of nitro benzene ring substituents is 1. The summed E-state index contributed by atoms with van der Waals surface area (Å²) in [7, 11) is 0. The Morgan fingerprint density at radius 2 is 1.93 bits per heavy atom. The maximum atomic E-state index is 11.9. The first-order valence-electron chi connectivity index (χ1n) is 7.59. The van der Waals surface area contributed by atoms with Crippen LogP contribution in [0.25, 0.3) is 0 Å². The van der Waals surface area contributed by atoms with Gasteiger partial charge >= 0.3 is 5.97 Å². The highest BCUT2D eigenvalue weighted by molar-refractivity contribution is 7.99. The van der Waals surface area contributed by atoms with Crippen LogP contribution in [0.15, 0.2) is 29.4 Å². The van der Waals surface area contributed by atoms with Gasteiger partial charge in [-0.1, -0.05) is 23.4 Å². The Morgan fingerprint density at radius 3 is 2.56 bits per heavy atom. The van der Waals surface area contributed by atoms with Crippen LogP contribution in [0, 0.1) is 24.0 Å². The zero-order valence-electron chi connectivity index (χ0n) is 14.4. The molecule has 9 nitrogen and oxygen atoms in total. The molecule has 1 N–H and O–H groups in total. The largest absolute Gasteiger partial charge is 0.455 e. The minimum Gasteiger partial charge on any atom is -0.455 e. The molecular formula is C16H15ClN4O5S. The molecule has 0 saturated carbocycles. The number of benzene rings is 1. The number of ether oxygens (including phenoxy) is 1. The van der Waals surface area contributed by atoms with Crippen LogP contribution in [0.5, 0.6) is 0 Å². The molecule has 1 amide bonds. The van der Waals surface area contributed by atoms with Gasteiger partial charge in [0.25, 0.3) is 11.6 Å². The van der Waals surface area contributed by atoms with Gasteiger partial charge in [-0.05, 0) is 26.0 Å². The second-order valence-electron chi connectivity index (χ2n) is 5.35. The summed E-state index contributed by atoms with van der Waals surface area (Å²) < 4.78 is 4.87. The summed E-state index contributed by atoms with van der Waals surface area (Å²) in [6.07, 6.45) is 0. The molecule has 0 unspecified atom stereocenters. The molecule has 0 aliphatic heterocycles. The Labute approximate surface area is 163 Å². The van der Waals surface area contributed by atoms with Crippen LogP contribution >= 0.6 is 23.4 Å². The number of thioether (sulfide) groups is 1. The van der Waals surface area contributed by atoms with E-state index in [0.29, 0.717) is 5.16 Å². The number of esters is 1. The van der Waals surface area contributed by atoms with Crippen molar-refractivity contribution in [2.24, 2.45) is 0 Å². The van der Waals surface area contributed by atoms with Crippen molar-refractivity contribution in [3.05, 3.63) is 50.8 Å². The van der Waals surface area contributed by atoms with Crippen molar-refractivity contribution in [1.29, 1.82) is 0 Å².